The minimum Gasteiger partial charge on any atom is -0.383 e. The number of likely N-dealkylation sites (tertiary alicyclic amines) is 2. The zero-order valence-corrected chi connectivity index (χ0v) is 15.8. The second-order valence-corrected chi connectivity index (χ2v) is 7.80. The van der Waals surface area contributed by atoms with Crippen molar-refractivity contribution in [1.29, 1.82) is 0 Å². The van der Waals surface area contributed by atoms with Gasteiger partial charge in [-0.25, -0.2) is 0 Å². The van der Waals surface area contributed by atoms with E-state index in [0.29, 0.717) is 25.1 Å². The predicted molar refractivity (Wildman–Crippen MR) is 104 cm³/mol. The van der Waals surface area contributed by atoms with Crippen LogP contribution in [-0.4, -0.2) is 58.0 Å². The molecule has 27 heavy (non-hydrogen) atoms. The van der Waals surface area contributed by atoms with Gasteiger partial charge in [-0.3, -0.25) is 14.7 Å². The van der Waals surface area contributed by atoms with E-state index < -0.39 is 5.60 Å². The number of pyridine rings is 1. The van der Waals surface area contributed by atoms with Crippen molar-refractivity contribution in [2.24, 2.45) is 0 Å². The highest BCUT2D eigenvalue weighted by Crippen LogP contribution is 2.37. The maximum Gasteiger partial charge on any atom is 0.255 e. The van der Waals surface area contributed by atoms with Gasteiger partial charge in [-0.2, -0.15) is 0 Å². The first kappa shape index (κ1) is 18.1. The Bertz CT molecular complexity index is 804. The van der Waals surface area contributed by atoms with Gasteiger partial charge in [0.1, 0.15) is 5.60 Å². The van der Waals surface area contributed by atoms with E-state index in [1.807, 2.05) is 48.2 Å². The first-order chi connectivity index (χ1) is 13.1. The van der Waals surface area contributed by atoms with Crippen LogP contribution in [0.3, 0.4) is 0 Å². The quantitative estimate of drug-likeness (QED) is 0.908. The number of nitrogens with zero attached hydrogens (tertiary/aromatic N) is 3. The fourth-order valence-corrected chi connectivity index (χ4v) is 4.50. The zero-order valence-electron chi connectivity index (χ0n) is 15.8. The van der Waals surface area contributed by atoms with Crippen LogP contribution in [0.25, 0.3) is 0 Å². The lowest BCUT2D eigenvalue weighted by atomic mass is 9.79. The Morgan fingerprint density at radius 1 is 1.15 bits per heavy atom. The smallest absolute Gasteiger partial charge is 0.255 e. The van der Waals surface area contributed by atoms with E-state index >= 15 is 0 Å². The molecule has 2 saturated heterocycles. The number of piperidine rings is 1. The van der Waals surface area contributed by atoms with Crippen LogP contribution < -0.4 is 0 Å². The van der Waals surface area contributed by atoms with Gasteiger partial charge in [0, 0.05) is 25.5 Å². The van der Waals surface area contributed by atoms with Crippen molar-refractivity contribution in [3.05, 3.63) is 65.5 Å². The number of hydrogen-bond acceptors (Lipinski definition) is 4. The molecule has 4 rings (SSSR count). The van der Waals surface area contributed by atoms with Crippen molar-refractivity contribution < 1.29 is 9.90 Å². The molecule has 2 aliphatic rings. The van der Waals surface area contributed by atoms with Gasteiger partial charge in [0.25, 0.3) is 5.91 Å². The minimum atomic E-state index is -0.923. The molecule has 2 fully saturated rings. The minimum absolute atomic E-state index is 0.00510. The number of carbonyl (C=O) groups excluding carboxylic acids is 1. The second-order valence-electron chi connectivity index (χ2n) is 7.80. The third-order valence-electron chi connectivity index (χ3n) is 5.97. The highest BCUT2D eigenvalue weighted by Gasteiger charge is 2.47. The number of rotatable bonds is 3. The summed E-state index contributed by atoms with van der Waals surface area (Å²) in [5.74, 6) is 0.00510. The number of aromatic nitrogens is 1. The Morgan fingerprint density at radius 2 is 1.89 bits per heavy atom. The molecule has 2 atom stereocenters. The summed E-state index contributed by atoms with van der Waals surface area (Å²) in [5, 5.41) is 11.7. The lowest BCUT2D eigenvalue weighted by Crippen LogP contribution is -2.61. The van der Waals surface area contributed by atoms with Gasteiger partial charge in [0.05, 0.1) is 11.6 Å². The zero-order chi connectivity index (χ0) is 18.9. The van der Waals surface area contributed by atoms with Crippen molar-refractivity contribution in [2.75, 3.05) is 26.2 Å². The van der Waals surface area contributed by atoms with Gasteiger partial charge in [0.2, 0.25) is 0 Å². The summed E-state index contributed by atoms with van der Waals surface area (Å²) < 4.78 is 0. The van der Waals surface area contributed by atoms with E-state index in [-0.39, 0.29) is 11.9 Å². The molecule has 5 heteroatoms. The molecule has 2 aliphatic heterocycles. The Labute approximate surface area is 160 Å². The van der Waals surface area contributed by atoms with Crippen molar-refractivity contribution in [1.82, 2.24) is 14.8 Å². The van der Waals surface area contributed by atoms with Crippen LogP contribution in [0, 0.1) is 6.92 Å². The van der Waals surface area contributed by atoms with Crippen LogP contribution >= 0.6 is 0 Å². The van der Waals surface area contributed by atoms with E-state index in [2.05, 4.69) is 9.88 Å². The van der Waals surface area contributed by atoms with Gasteiger partial charge in [0.15, 0.2) is 0 Å². The summed E-state index contributed by atoms with van der Waals surface area (Å²) in [4.78, 5) is 21.5. The third-order valence-corrected chi connectivity index (χ3v) is 5.97. The number of benzene rings is 1. The van der Waals surface area contributed by atoms with Crippen molar-refractivity contribution >= 4 is 5.91 Å². The van der Waals surface area contributed by atoms with Gasteiger partial charge >= 0.3 is 0 Å². The predicted octanol–water partition coefficient (Wildman–Crippen LogP) is 2.59. The molecule has 1 N–H and O–H groups in total. The van der Waals surface area contributed by atoms with Gasteiger partial charge in [-0.15, -0.1) is 0 Å². The maximum atomic E-state index is 13.0. The summed E-state index contributed by atoms with van der Waals surface area (Å²) in [7, 11) is 0. The Hall–Kier alpha value is -2.24. The Balaban J connectivity index is 1.62. The molecule has 0 unspecified atom stereocenters. The molecule has 142 valence electrons. The lowest BCUT2D eigenvalue weighted by Gasteiger charge is -2.48. The van der Waals surface area contributed by atoms with Crippen LogP contribution in [0.15, 0.2) is 48.8 Å². The molecular weight excluding hydrogens is 338 g/mol. The number of hydrogen-bond donors (Lipinski definition) is 1. The largest absolute Gasteiger partial charge is 0.383 e. The van der Waals surface area contributed by atoms with Crippen LogP contribution in [0.2, 0.25) is 0 Å². The SMILES string of the molecule is Cc1cncc(C(=O)N2CC[C@](O)(c3ccccc3)[C@H](N3CCCC3)C2)c1. The van der Waals surface area contributed by atoms with E-state index in [1.165, 1.54) is 0 Å². The molecule has 1 aromatic carbocycles. The highest BCUT2D eigenvalue weighted by atomic mass is 16.3. The summed E-state index contributed by atoms with van der Waals surface area (Å²) in [6.45, 7) is 4.99. The normalized spacial score (nSPS) is 26.3. The van der Waals surface area contributed by atoms with Gasteiger partial charge in [-0.05, 0) is 56.5 Å². The first-order valence-electron chi connectivity index (χ1n) is 9.81. The average Bonchev–Trinajstić information content (AvgIpc) is 3.23. The van der Waals surface area contributed by atoms with E-state index in [4.69, 9.17) is 0 Å². The molecule has 1 amide bonds. The molecule has 0 radical (unpaired) electrons. The van der Waals surface area contributed by atoms with Crippen molar-refractivity contribution in [2.45, 2.75) is 37.8 Å². The first-order valence-corrected chi connectivity index (χ1v) is 9.81. The van der Waals surface area contributed by atoms with Crippen molar-refractivity contribution in [3.63, 3.8) is 0 Å². The van der Waals surface area contributed by atoms with Crippen LogP contribution in [0.5, 0.6) is 0 Å². The summed E-state index contributed by atoms with van der Waals surface area (Å²) in [5.41, 5.74) is 1.63. The molecule has 0 spiro atoms. The second kappa shape index (κ2) is 7.41. The molecule has 0 bridgehead atoms. The van der Waals surface area contributed by atoms with Crippen molar-refractivity contribution in [3.8, 4) is 0 Å². The topological polar surface area (TPSA) is 56.7 Å². The molecular formula is C22H27N3O2. The standard InChI is InChI=1S/C22H27N3O2/c1-17-13-18(15-23-14-17)21(26)25-12-9-22(27,19-7-3-2-4-8-19)20(16-25)24-10-5-6-11-24/h2-4,7-8,13-15,20,27H,5-6,9-12,16H2,1H3/t20-,22+/m1/s1. The number of aliphatic hydroxyl groups is 1. The Morgan fingerprint density at radius 3 is 2.59 bits per heavy atom. The van der Waals surface area contributed by atoms with Crippen LogP contribution in [-0.2, 0) is 5.60 Å². The molecule has 5 nitrogen and oxygen atoms in total. The van der Waals surface area contributed by atoms with Crippen LogP contribution in [0.4, 0.5) is 0 Å². The number of amides is 1. The monoisotopic (exact) mass is 365 g/mol. The summed E-state index contributed by atoms with van der Waals surface area (Å²) >= 11 is 0. The van der Waals surface area contributed by atoms with E-state index in [0.717, 1.165) is 37.1 Å². The summed E-state index contributed by atoms with van der Waals surface area (Å²) in [6.07, 6.45) is 6.24. The lowest BCUT2D eigenvalue weighted by molar-refractivity contribution is -0.0878. The Kier molecular flexibility index (Phi) is 4.98. The fraction of sp³-hybridized carbons (Fsp3) is 0.455. The van der Waals surface area contributed by atoms with E-state index in [1.54, 1.807) is 12.4 Å². The molecule has 2 aromatic rings. The van der Waals surface area contributed by atoms with Gasteiger partial charge < -0.3 is 10.0 Å². The molecule has 1 aromatic heterocycles. The number of aryl methyl sites for hydroxylation is 1. The average molecular weight is 365 g/mol. The van der Waals surface area contributed by atoms with Gasteiger partial charge in [-0.1, -0.05) is 30.3 Å². The fourth-order valence-electron chi connectivity index (χ4n) is 4.50. The highest BCUT2D eigenvalue weighted by molar-refractivity contribution is 5.94. The number of carbonyl (C=O) groups is 1. The maximum absolute atomic E-state index is 13.0. The molecule has 0 aliphatic carbocycles. The summed E-state index contributed by atoms with van der Waals surface area (Å²) in [6, 6.07) is 11.7. The third kappa shape index (κ3) is 3.49. The molecule has 3 heterocycles. The van der Waals surface area contributed by atoms with E-state index in [9.17, 15) is 9.90 Å². The molecule has 0 saturated carbocycles. The van der Waals surface area contributed by atoms with Crippen LogP contribution in [0.1, 0.15) is 40.7 Å².